The molecule has 0 radical (unpaired) electrons. The summed E-state index contributed by atoms with van der Waals surface area (Å²) >= 11 is 13.0. The lowest BCUT2D eigenvalue weighted by Crippen LogP contribution is -2.54. The van der Waals surface area contributed by atoms with Crippen LogP contribution in [0.2, 0.25) is 10.0 Å². The van der Waals surface area contributed by atoms with Gasteiger partial charge in [-0.3, -0.25) is 14.5 Å². The van der Waals surface area contributed by atoms with Crippen molar-refractivity contribution in [3.63, 3.8) is 0 Å². The average molecular weight is 588 g/mol. The Kier molecular flexibility index (Phi) is 6.55. The van der Waals surface area contributed by atoms with Gasteiger partial charge in [-0.15, -0.1) is 0 Å². The molecule has 8 heteroatoms. The Bertz CT molecular complexity index is 1740. The van der Waals surface area contributed by atoms with Crippen LogP contribution in [-0.2, 0) is 16.8 Å². The second kappa shape index (κ2) is 9.74. The number of halogens is 2. The van der Waals surface area contributed by atoms with Crippen LogP contribution in [0.3, 0.4) is 0 Å². The lowest BCUT2D eigenvalue weighted by molar-refractivity contribution is -0.122. The highest BCUT2D eigenvalue weighted by Crippen LogP contribution is 2.57. The van der Waals surface area contributed by atoms with Crippen LogP contribution in [0.25, 0.3) is 11.4 Å². The van der Waals surface area contributed by atoms with Crippen LogP contribution in [0.4, 0.5) is 11.4 Å². The fourth-order valence-electron chi connectivity index (χ4n) is 6.51. The van der Waals surface area contributed by atoms with Gasteiger partial charge in [0.25, 0.3) is 11.8 Å². The number of hydrogen-bond acceptors (Lipinski definition) is 3. The molecule has 41 heavy (non-hydrogen) atoms. The molecule has 4 aromatic rings. The van der Waals surface area contributed by atoms with Crippen LogP contribution < -0.4 is 9.80 Å². The van der Waals surface area contributed by atoms with E-state index in [1.807, 2.05) is 57.2 Å². The van der Waals surface area contributed by atoms with Gasteiger partial charge in [-0.05, 0) is 76.4 Å². The van der Waals surface area contributed by atoms with E-state index >= 15 is 4.79 Å². The van der Waals surface area contributed by atoms with Crippen molar-refractivity contribution < 1.29 is 9.59 Å². The lowest BCUT2D eigenvalue weighted by atomic mass is 9.86. The third-order valence-electron chi connectivity index (χ3n) is 8.22. The van der Waals surface area contributed by atoms with Gasteiger partial charge in [0.2, 0.25) is 0 Å². The van der Waals surface area contributed by atoms with Gasteiger partial charge >= 0.3 is 0 Å². The first-order chi connectivity index (χ1) is 19.5. The fourth-order valence-corrected chi connectivity index (χ4v) is 6.84. The summed E-state index contributed by atoms with van der Waals surface area (Å²) in [7, 11) is 0. The van der Waals surface area contributed by atoms with Crippen molar-refractivity contribution in [1.82, 2.24) is 9.55 Å². The molecular formula is C33H32Cl2N4O2. The summed E-state index contributed by atoms with van der Waals surface area (Å²) in [6.07, 6.45) is 0.806. The summed E-state index contributed by atoms with van der Waals surface area (Å²) in [5.41, 5.74) is 4.22. The second-order valence-electron chi connectivity index (χ2n) is 11.3. The zero-order valence-corrected chi connectivity index (χ0v) is 25.5. The van der Waals surface area contributed by atoms with E-state index in [-0.39, 0.29) is 29.6 Å². The van der Waals surface area contributed by atoms with E-state index in [0.717, 1.165) is 23.1 Å². The van der Waals surface area contributed by atoms with Gasteiger partial charge < -0.3 is 9.47 Å². The first-order valence-corrected chi connectivity index (χ1v) is 14.7. The normalized spacial score (nSPS) is 17.9. The molecule has 1 spiro atoms. The molecule has 0 fully saturated rings. The molecule has 0 N–H and O–H groups in total. The Labute approximate surface area is 250 Å². The van der Waals surface area contributed by atoms with Gasteiger partial charge in [-0.1, -0.05) is 66.5 Å². The molecule has 2 aliphatic rings. The van der Waals surface area contributed by atoms with Gasteiger partial charge in [0.1, 0.15) is 5.82 Å². The topological polar surface area (TPSA) is 58.4 Å². The summed E-state index contributed by atoms with van der Waals surface area (Å²) in [5, 5.41) is 0.995. The number of hydrogen-bond donors (Lipinski definition) is 0. The first-order valence-electron chi connectivity index (χ1n) is 14.0. The minimum absolute atomic E-state index is 0.104. The number of amides is 2. The Morgan fingerprint density at radius 3 is 2.20 bits per heavy atom. The molecule has 0 aliphatic carbocycles. The van der Waals surface area contributed by atoms with Crippen LogP contribution in [0.5, 0.6) is 0 Å². The highest BCUT2D eigenvalue weighted by atomic mass is 35.5. The number of rotatable bonds is 5. The molecule has 0 bridgehead atoms. The summed E-state index contributed by atoms with van der Waals surface area (Å²) in [5.74, 6) is 0.136. The molecule has 2 amide bonds. The van der Waals surface area contributed by atoms with E-state index in [2.05, 4.69) is 31.4 Å². The number of imidazole rings is 1. The molecule has 3 aromatic carbocycles. The minimum Gasteiger partial charge on any atom is -0.322 e. The fraction of sp³-hybridized carbons (Fsp3) is 0.303. The van der Waals surface area contributed by atoms with Crippen molar-refractivity contribution in [2.45, 2.75) is 65.6 Å². The molecule has 1 aromatic heterocycles. The molecule has 0 saturated carbocycles. The summed E-state index contributed by atoms with van der Waals surface area (Å²) in [6, 6.07) is 18.7. The molecule has 1 atom stereocenters. The summed E-state index contributed by atoms with van der Waals surface area (Å²) in [6.45, 7) is 12.1. The molecule has 3 heterocycles. The number of aromatic nitrogens is 2. The second-order valence-corrected chi connectivity index (χ2v) is 12.2. The van der Waals surface area contributed by atoms with Crippen molar-refractivity contribution in [2.75, 3.05) is 9.80 Å². The van der Waals surface area contributed by atoms with E-state index in [0.29, 0.717) is 38.5 Å². The molecule has 210 valence electrons. The number of carbonyl (C=O) groups is 2. The predicted octanol–water partition coefficient (Wildman–Crippen LogP) is 7.97. The minimum atomic E-state index is -1.50. The monoisotopic (exact) mass is 586 g/mol. The predicted molar refractivity (Wildman–Crippen MR) is 165 cm³/mol. The van der Waals surface area contributed by atoms with Gasteiger partial charge in [0, 0.05) is 33.3 Å². The number of aryl methyl sites for hydroxylation is 2. The summed E-state index contributed by atoms with van der Waals surface area (Å²) in [4.78, 5) is 38.2. The maximum atomic E-state index is 15.1. The van der Waals surface area contributed by atoms with Crippen molar-refractivity contribution in [3.8, 4) is 11.4 Å². The van der Waals surface area contributed by atoms with E-state index in [1.165, 1.54) is 0 Å². The molecule has 6 rings (SSSR count). The van der Waals surface area contributed by atoms with Gasteiger partial charge in [0.15, 0.2) is 11.2 Å². The van der Waals surface area contributed by atoms with Crippen molar-refractivity contribution >= 4 is 46.4 Å². The van der Waals surface area contributed by atoms with E-state index in [1.54, 1.807) is 28.0 Å². The Balaban J connectivity index is 1.78. The molecule has 2 aliphatic heterocycles. The zero-order valence-electron chi connectivity index (χ0n) is 24.0. The zero-order chi connectivity index (χ0) is 29.4. The Morgan fingerprint density at radius 1 is 0.878 bits per heavy atom. The number of nitrogens with zero attached hydrogens (tertiary/aromatic N) is 4. The van der Waals surface area contributed by atoms with E-state index in [9.17, 15) is 4.79 Å². The number of carbonyl (C=O) groups excluding carboxylic acids is 2. The number of fused-ring (bicyclic) bond motifs is 4. The Hall–Kier alpha value is -3.61. The Morgan fingerprint density at radius 2 is 1.54 bits per heavy atom. The number of anilines is 2. The quantitative estimate of drug-likeness (QED) is 0.238. The summed E-state index contributed by atoms with van der Waals surface area (Å²) < 4.78 is 2.09. The maximum Gasteiger partial charge on any atom is 0.280 e. The maximum absolute atomic E-state index is 15.1. The molecular weight excluding hydrogens is 555 g/mol. The third kappa shape index (κ3) is 3.73. The number of benzene rings is 3. The third-order valence-corrected chi connectivity index (χ3v) is 8.69. The van der Waals surface area contributed by atoms with Crippen LogP contribution in [0.1, 0.15) is 73.5 Å². The van der Waals surface area contributed by atoms with E-state index < -0.39 is 5.54 Å². The van der Waals surface area contributed by atoms with Crippen LogP contribution >= 0.6 is 23.2 Å². The van der Waals surface area contributed by atoms with Crippen LogP contribution in [-0.4, -0.2) is 27.4 Å². The largest absolute Gasteiger partial charge is 0.322 e. The van der Waals surface area contributed by atoms with Crippen molar-refractivity contribution in [2.24, 2.45) is 0 Å². The standard InChI is InChI=1S/C33H32Cl2N4O2/c1-7-21-10-8-9-11-24(21)30-36-28-29(38(30)19(4)5)33(39(31(28)40)26-16-22(34)13-12-20(26)6)25-15-14-23(35)17-27(25)37(18(2)3)32(33)41/h8-19H,7H2,1-6H3/t33-/m0/s1. The van der Waals surface area contributed by atoms with Gasteiger partial charge in [0.05, 0.1) is 17.1 Å². The van der Waals surface area contributed by atoms with Crippen molar-refractivity contribution in [3.05, 3.63) is 98.8 Å². The lowest BCUT2D eigenvalue weighted by Gasteiger charge is -2.37. The molecule has 0 saturated heterocycles. The molecule has 0 unspecified atom stereocenters. The smallest absolute Gasteiger partial charge is 0.280 e. The van der Waals surface area contributed by atoms with Crippen LogP contribution in [0.15, 0.2) is 60.7 Å². The average Bonchev–Trinajstić information content (AvgIpc) is 3.52. The van der Waals surface area contributed by atoms with Crippen molar-refractivity contribution in [1.29, 1.82) is 0 Å². The highest BCUT2D eigenvalue weighted by molar-refractivity contribution is 6.32. The van der Waals surface area contributed by atoms with E-state index in [4.69, 9.17) is 28.2 Å². The van der Waals surface area contributed by atoms with Gasteiger partial charge in [-0.2, -0.15) is 0 Å². The van der Waals surface area contributed by atoms with Gasteiger partial charge in [-0.25, -0.2) is 4.98 Å². The van der Waals surface area contributed by atoms with Crippen LogP contribution in [0, 0.1) is 6.92 Å². The molecule has 6 nitrogen and oxygen atoms in total. The SMILES string of the molecule is CCc1ccccc1-c1nc2c(n1C(C)C)[C@@]1(C(=O)N(C(C)C)c3cc(Cl)ccc31)N(c1cc(Cl)ccc1C)C2=O. The first kappa shape index (κ1) is 27.6. The highest BCUT2D eigenvalue weighted by Gasteiger charge is 2.66.